The lowest BCUT2D eigenvalue weighted by Crippen LogP contribution is -1.98. The van der Waals surface area contributed by atoms with Crippen molar-refractivity contribution in [1.82, 2.24) is 25.0 Å². The smallest absolute Gasteiger partial charge is 0.177 e. The van der Waals surface area contributed by atoms with Crippen molar-refractivity contribution in [2.75, 3.05) is 0 Å². The molecule has 0 aliphatic rings. The fourth-order valence-corrected chi connectivity index (χ4v) is 2.10. The van der Waals surface area contributed by atoms with Gasteiger partial charge in [0.15, 0.2) is 15.9 Å². The molecule has 2 aromatic heterocycles. The molecule has 3 rings (SSSR count). The predicted octanol–water partition coefficient (Wildman–Crippen LogP) is 2.54. The third-order valence-electron chi connectivity index (χ3n) is 2.35. The number of hydrogen-bond donors (Lipinski definition) is 2. The van der Waals surface area contributed by atoms with Crippen LogP contribution < -0.4 is 0 Å². The largest absolute Gasteiger partial charge is 0.322 e. The minimum absolute atomic E-state index is 0.460. The summed E-state index contributed by atoms with van der Waals surface area (Å²) in [6.45, 7) is 0. The van der Waals surface area contributed by atoms with E-state index in [9.17, 15) is 0 Å². The van der Waals surface area contributed by atoms with E-state index in [0.717, 1.165) is 5.69 Å². The first-order valence-electron chi connectivity index (χ1n) is 4.89. The monoisotopic (exact) mass is 261 g/mol. The van der Waals surface area contributed by atoms with Gasteiger partial charge in [0, 0.05) is 0 Å². The number of aromatic nitrogens is 5. The van der Waals surface area contributed by atoms with Crippen molar-refractivity contribution in [3.63, 3.8) is 0 Å². The maximum Gasteiger partial charge on any atom is 0.177 e. The molecule has 2 heterocycles. The van der Waals surface area contributed by atoms with Crippen LogP contribution in [0.1, 0.15) is 0 Å². The van der Waals surface area contributed by atoms with Gasteiger partial charge in [-0.2, -0.15) is 4.68 Å². The molecule has 5 nitrogen and oxygen atoms in total. The van der Waals surface area contributed by atoms with Crippen LogP contribution in [0.4, 0.5) is 0 Å². The van der Waals surface area contributed by atoms with Gasteiger partial charge in [-0.1, -0.05) is 35.6 Å². The average molecular weight is 261 g/mol. The summed E-state index contributed by atoms with van der Waals surface area (Å²) in [6.07, 6.45) is 0. The van der Waals surface area contributed by atoms with Crippen molar-refractivity contribution in [2.45, 2.75) is 0 Å². The molecule has 0 aliphatic carbocycles. The third kappa shape index (κ3) is 1.69. The van der Waals surface area contributed by atoms with Gasteiger partial charge in [-0.25, -0.2) is 0 Å². The van der Waals surface area contributed by atoms with Crippen molar-refractivity contribution in [3.05, 3.63) is 39.7 Å². The Labute approximate surface area is 106 Å². The van der Waals surface area contributed by atoms with Gasteiger partial charge in [0.1, 0.15) is 4.64 Å². The Morgan fingerprint density at radius 3 is 2.59 bits per heavy atom. The highest BCUT2D eigenvalue weighted by atomic mass is 32.1. The van der Waals surface area contributed by atoms with Gasteiger partial charge in [0.25, 0.3) is 0 Å². The van der Waals surface area contributed by atoms with E-state index >= 15 is 0 Å². The number of para-hydroxylation sites is 1. The molecule has 0 spiro atoms. The van der Waals surface area contributed by atoms with E-state index in [-0.39, 0.29) is 0 Å². The lowest BCUT2D eigenvalue weighted by Gasteiger charge is -2.00. The maximum atomic E-state index is 5.15. The van der Waals surface area contributed by atoms with Gasteiger partial charge in [-0.05, 0) is 24.4 Å². The maximum absolute atomic E-state index is 5.15. The van der Waals surface area contributed by atoms with Crippen LogP contribution in [0, 0.1) is 9.41 Å². The van der Waals surface area contributed by atoms with Crippen LogP contribution in [0.2, 0.25) is 0 Å². The molecule has 0 saturated carbocycles. The molecule has 1 aromatic carbocycles. The first-order chi connectivity index (χ1) is 8.25. The molecule has 0 aliphatic heterocycles. The molecule has 0 unspecified atom stereocenters. The van der Waals surface area contributed by atoms with Crippen molar-refractivity contribution in [1.29, 1.82) is 0 Å². The highest BCUT2D eigenvalue weighted by molar-refractivity contribution is 7.72. The Morgan fingerprint density at radius 1 is 1.06 bits per heavy atom. The number of fused-ring (bicyclic) bond motifs is 1. The van der Waals surface area contributed by atoms with Gasteiger partial charge >= 0.3 is 0 Å². The lowest BCUT2D eigenvalue weighted by atomic mass is 10.3. The zero-order valence-corrected chi connectivity index (χ0v) is 10.2. The zero-order chi connectivity index (χ0) is 11.8. The quantitative estimate of drug-likeness (QED) is 0.661. The summed E-state index contributed by atoms with van der Waals surface area (Å²) in [7, 11) is 0. The SMILES string of the molecule is S=c1[nH]c(=S)c2nnn(-c3ccccc3)c2[nH]1. The summed E-state index contributed by atoms with van der Waals surface area (Å²) < 4.78 is 2.63. The number of aromatic amines is 2. The molecular weight excluding hydrogens is 254 g/mol. The van der Waals surface area contributed by atoms with E-state index in [1.165, 1.54) is 0 Å². The highest BCUT2D eigenvalue weighted by Crippen LogP contribution is 2.13. The van der Waals surface area contributed by atoms with Gasteiger partial charge < -0.3 is 9.97 Å². The van der Waals surface area contributed by atoms with E-state index in [1.54, 1.807) is 4.68 Å². The first kappa shape index (κ1) is 10.3. The first-order valence-corrected chi connectivity index (χ1v) is 5.71. The minimum Gasteiger partial charge on any atom is -0.322 e. The van der Waals surface area contributed by atoms with Gasteiger partial charge in [-0.3, -0.25) is 0 Å². The number of H-pyrrole nitrogens is 2. The van der Waals surface area contributed by atoms with E-state index in [4.69, 9.17) is 24.4 Å². The number of nitrogens with zero attached hydrogens (tertiary/aromatic N) is 3. The van der Waals surface area contributed by atoms with Crippen molar-refractivity contribution < 1.29 is 0 Å². The zero-order valence-electron chi connectivity index (χ0n) is 8.54. The number of nitrogens with one attached hydrogen (secondary N) is 2. The minimum atomic E-state index is 0.460. The molecular formula is C10H7N5S2. The molecule has 3 aromatic rings. The summed E-state index contributed by atoms with van der Waals surface area (Å²) in [4.78, 5) is 5.84. The molecule has 2 N–H and O–H groups in total. The second kappa shape index (κ2) is 3.86. The molecule has 0 bridgehead atoms. The predicted molar refractivity (Wildman–Crippen MR) is 69.2 cm³/mol. The lowest BCUT2D eigenvalue weighted by molar-refractivity contribution is 0.816. The summed E-state index contributed by atoms with van der Waals surface area (Å²) in [5.74, 6) is 0. The fraction of sp³-hybridized carbons (Fsp3) is 0. The second-order valence-corrected chi connectivity index (χ2v) is 4.26. The summed E-state index contributed by atoms with van der Waals surface area (Å²) in [5.41, 5.74) is 2.21. The van der Waals surface area contributed by atoms with E-state index < -0.39 is 0 Å². The summed E-state index contributed by atoms with van der Waals surface area (Å²) in [6, 6.07) is 9.68. The van der Waals surface area contributed by atoms with Crippen molar-refractivity contribution in [2.24, 2.45) is 0 Å². The molecule has 84 valence electrons. The Kier molecular flexibility index (Phi) is 2.34. The van der Waals surface area contributed by atoms with E-state index in [0.29, 0.717) is 20.6 Å². The van der Waals surface area contributed by atoms with Crippen LogP contribution in [0.25, 0.3) is 16.9 Å². The summed E-state index contributed by atoms with van der Waals surface area (Å²) >= 11 is 10.2. The second-order valence-electron chi connectivity index (χ2n) is 3.44. The fourth-order valence-electron chi connectivity index (χ4n) is 1.60. The molecule has 0 amide bonds. The van der Waals surface area contributed by atoms with Crippen LogP contribution in [-0.4, -0.2) is 25.0 Å². The Bertz CT molecular complexity index is 784. The summed E-state index contributed by atoms with van der Waals surface area (Å²) in [5, 5.41) is 8.11. The molecule has 0 saturated heterocycles. The molecule has 0 atom stereocenters. The Hall–Kier alpha value is -1.86. The van der Waals surface area contributed by atoms with Crippen molar-refractivity contribution >= 4 is 35.6 Å². The normalized spacial score (nSPS) is 10.8. The molecule has 7 heteroatoms. The number of benzene rings is 1. The van der Waals surface area contributed by atoms with E-state index in [2.05, 4.69) is 20.3 Å². The van der Waals surface area contributed by atoms with Crippen LogP contribution in [0.3, 0.4) is 0 Å². The van der Waals surface area contributed by atoms with Gasteiger partial charge in [0.2, 0.25) is 0 Å². The van der Waals surface area contributed by atoms with Crippen molar-refractivity contribution in [3.8, 4) is 5.69 Å². The van der Waals surface area contributed by atoms with Crippen LogP contribution in [0.5, 0.6) is 0 Å². The van der Waals surface area contributed by atoms with Gasteiger partial charge in [0.05, 0.1) is 5.69 Å². The average Bonchev–Trinajstić information content (AvgIpc) is 2.74. The van der Waals surface area contributed by atoms with Gasteiger partial charge in [-0.15, -0.1) is 5.10 Å². The molecule has 0 fully saturated rings. The van der Waals surface area contributed by atoms with Crippen LogP contribution in [0.15, 0.2) is 30.3 Å². The van der Waals surface area contributed by atoms with Crippen LogP contribution >= 0.6 is 24.4 Å². The third-order valence-corrected chi connectivity index (χ3v) is 2.84. The topological polar surface area (TPSA) is 62.3 Å². The number of rotatable bonds is 1. The molecule has 0 radical (unpaired) electrons. The highest BCUT2D eigenvalue weighted by Gasteiger charge is 2.07. The Balaban J connectivity index is 2.40. The molecule has 17 heavy (non-hydrogen) atoms. The number of hydrogen-bond acceptors (Lipinski definition) is 4. The standard InChI is InChI=1S/C10H7N5S2/c16-9-7-8(11-10(17)12-9)15(14-13-7)6-4-2-1-3-5-6/h1-5H,(H2,11,12,16,17). The Morgan fingerprint density at radius 2 is 1.82 bits per heavy atom. The van der Waals surface area contributed by atoms with E-state index in [1.807, 2.05) is 30.3 Å². The van der Waals surface area contributed by atoms with Crippen LogP contribution in [-0.2, 0) is 0 Å².